The molecule has 3 aromatic rings. The van der Waals surface area contributed by atoms with Gasteiger partial charge in [0, 0.05) is 29.2 Å². The molecule has 7 nitrogen and oxygen atoms in total. The minimum atomic E-state index is -0.872. The van der Waals surface area contributed by atoms with Crippen molar-refractivity contribution in [3.05, 3.63) is 60.3 Å². The first-order valence-corrected chi connectivity index (χ1v) is 9.49. The van der Waals surface area contributed by atoms with E-state index in [2.05, 4.69) is 6.07 Å². The number of esters is 1. The van der Waals surface area contributed by atoms with Crippen LogP contribution in [0.3, 0.4) is 0 Å². The molecule has 0 spiro atoms. The van der Waals surface area contributed by atoms with Crippen molar-refractivity contribution >= 4 is 22.7 Å². The number of ether oxygens (including phenoxy) is 3. The Morgan fingerprint density at radius 3 is 2.50 bits per heavy atom. The third kappa shape index (κ3) is 4.78. The molecular weight excluding hydrogens is 384 g/mol. The summed E-state index contributed by atoms with van der Waals surface area (Å²) in [5.74, 6) is 0.226. The van der Waals surface area contributed by atoms with Gasteiger partial charge in [-0.3, -0.25) is 4.79 Å². The summed E-state index contributed by atoms with van der Waals surface area (Å²) < 4.78 is 17.7. The molecular formula is C23H22N2O5. The summed E-state index contributed by atoms with van der Waals surface area (Å²) in [5.41, 5.74) is 1.32. The van der Waals surface area contributed by atoms with Crippen molar-refractivity contribution in [2.45, 2.75) is 26.0 Å². The molecule has 7 heteroatoms. The molecule has 0 N–H and O–H groups in total. The smallest absolute Gasteiger partial charge is 0.347 e. The van der Waals surface area contributed by atoms with Crippen molar-refractivity contribution in [1.29, 1.82) is 5.26 Å². The maximum absolute atomic E-state index is 12.7. The standard InChI is InChI=1S/C23H22N2O5/c1-16(30-18-10-8-17(28-2)9-11-18)23(27)29-15-22(26)20-14-25(13-5-12-24)21-7-4-3-6-19(20)21/h3-4,6-11,14,16H,5,13,15H2,1-2H3. The van der Waals surface area contributed by atoms with E-state index in [-0.39, 0.29) is 12.4 Å². The molecule has 0 aliphatic carbocycles. The second kappa shape index (κ2) is 9.61. The number of hydrogen-bond donors (Lipinski definition) is 0. The SMILES string of the molecule is COc1ccc(OC(C)C(=O)OCC(=O)c2cn(CCC#N)c3ccccc23)cc1. The van der Waals surface area contributed by atoms with E-state index in [1.54, 1.807) is 44.5 Å². The molecule has 1 unspecified atom stereocenters. The lowest BCUT2D eigenvalue weighted by Crippen LogP contribution is -2.28. The van der Waals surface area contributed by atoms with Gasteiger partial charge in [0.1, 0.15) is 11.5 Å². The molecule has 0 bridgehead atoms. The van der Waals surface area contributed by atoms with Crippen LogP contribution in [0, 0.1) is 11.3 Å². The van der Waals surface area contributed by atoms with E-state index in [0.717, 1.165) is 10.9 Å². The van der Waals surface area contributed by atoms with Gasteiger partial charge in [-0.1, -0.05) is 18.2 Å². The number of methoxy groups -OCH3 is 1. The van der Waals surface area contributed by atoms with Gasteiger partial charge in [0.25, 0.3) is 0 Å². The first-order valence-electron chi connectivity index (χ1n) is 9.49. The van der Waals surface area contributed by atoms with E-state index in [9.17, 15) is 9.59 Å². The van der Waals surface area contributed by atoms with E-state index in [1.165, 1.54) is 0 Å². The molecule has 30 heavy (non-hydrogen) atoms. The van der Waals surface area contributed by atoms with Crippen LogP contribution in [-0.2, 0) is 16.1 Å². The number of para-hydroxylation sites is 1. The molecule has 1 heterocycles. The first kappa shape index (κ1) is 20.9. The number of nitrogens with zero attached hydrogens (tertiary/aromatic N) is 2. The zero-order valence-electron chi connectivity index (χ0n) is 16.8. The molecule has 0 radical (unpaired) electrons. The number of Topliss-reactive ketones (excluding diaryl/α,β-unsaturated/α-hetero) is 1. The number of carbonyl (C=O) groups excluding carboxylic acids is 2. The lowest BCUT2D eigenvalue weighted by molar-refractivity contribution is -0.149. The van der Waals surface area contributed by atoms with E-state index >= 15 is 0 Å². The third-order valence-electron chi connectivity index (χ3n) is 4.60. The second-order valence-electron chi connectivity index (χ2n) is 6.63. The Hall–Kier alpha value is -3.79. The topological polar surface area (TPSA) is 90.6 Å². The Bertz CT molecular complexity index is 1080. The first-order chi connectivity index (χ1) is 14.5. The fraction of sp³-hybridized carbons (Fsp3) is 0.261. The molecule has 1 aromatic heterocycles. The van der Waals surface area contributed by atoms with Crippen LogP contribution < -0.4 is 9.47 Å². The minimum absolute atomic E-state index is 0.313. The quantitative estimate of drug-likeness (QED) is 0.397. The summed E-state index contributed by atoms with van der Waals surface area (Å²) in [7, 11) is 1.56. The van der Waals surface area contributed by atoms with Crippen LogP contribution in [0.1, 0.15) is 23.7 Å². The van der Waals surface area contributed by atoms with Crippen LogP contribution >= 0.6 is 0 Å². The van der Waals surface area contributed by atoms with Gasteiger partial charge in [-0.05, 0) is 37.3 Å². The van der Waals surface area contributed by atoms with Crippen molar-refractivity contribution in [1.82, 2.24) is 4.57 Å². The van der Waals surface area contributed by atoms with Gasteiger partial charge in [0.15, 0.2) is 12.7 Å². The minimum Gasteiger partial charge on any atom is -0.497 e. The molecule has 1 atom stereocenters. The van der Waals surface area contributed by atoms with E-state index in [1.807, 2.05) is 28.8 Å². The van der Waals surface area contributed by atoms with Crippen LogP contribution in [0.15, 0.2) is 54.7 Å². The lowest BCUT2D eigenvalue weighted by atomic mass is 10.1. The highest BCUT2D eigenvalue weighted by Gasteiger charge is 2.20. The molecule has 0 aliphatic rings. The summed E-state index contributed by atoms with van der Waals surface area (Å²) in [4.78, 5) is 24.9. The number of ketones is 1. The van der Waals surface area contributed by atoms with Crippen molar-refractivity contribution < 1.29 is 23.8 Å². The van der Waals surface area contributed by atoms with Crippen LogP contribution in [0.4, 0.5) is 0 Å². The summed E-state index contributed by atoms with van der Waals surface area (Å²) in [6, 6.07) is 16.3. The average molecular weight is 406 g/mol. The van der Waals surface area contributed by atoms with Crippen molar-refractivity contribution in [2.24, 2.45) is 0 Å². The number of nitriles is 1. The molecule has 0 fully saturated rings. The number of benzene rings is 2. The Morgan fingerprint density at radius 2 is 1.80 bits per heavy atom. The maximum Gasteiger partial charge on any atom is 0.347 e. The molecule has 154 valence electrons. The highest BCUT2D eigenvalue weighted by molar-refractivity contribution is 6.09. The number of fused-ring (bicyclic) bond motifs is 1. The van der Waals surface area contributed by atoms with E-state index < -0.39 is 12.1 Å². The molecule has 0 saturated heterocycles. The number of carbonyl (C=O) groups is 2. The van der Waals surface area contributed by atoms with Gasteiger partial charge < -0.3 is 18.8 Å². The highest BCUT2D eigenvalue weighted by Crippen LogP contribution is 2.22. The molecule has 3 rings (SSSR count). The van der Waals surface area contributed by atoms with Crippen LogP contribution in [0.5, 0.6) is 11.5 Å². The monoisotopic (exact) mass is 406 g/mol. The summed E-state index contributed by atoms with van der Waals surface area (Å²) in [6.45, 7) is 1.66. The zero-order chi connectivity index (χ0) is 21.5. The van der Waals surface area contributed by atoms with Gasteiger partial charge in [-0.2, -0.15) is 5.26 Å². The molecule has 2 aromatic carbocycles. The molecule has 0 amide bonds. The van der Waals surface area contributed by atoms with Crippen molar-refractivity contribution in [3.8, 4) is 17.6 Å². The van der Waals surface area contributed by atoms with Gasteiger partial charge in [0.05, 0.1) is 19.6 Å². The van der Waals surface area contributed by atoms with Crippen LogP contribution in [0.2, 0.25) is 0 Å². The molecule has 0 saturated carbocycles. The highest BCUT2D eigenvalue weighted by atomic mass is 16.6. The summed E-state index contributed by atoms with van der Waals surface area (Å²) in [6.07, 6.45) is 1.17. The fourth-order valence-corrected chi connectivity index (χ4v) is 3.06. The zero-order valence-corrected chi connectivity index (χ0v) is 16.8. The largest absolute Gasteiger partial charge is 0.497 e. The van der Waals surface area contributed by atoms with E-state index in [0.29, 0.717) is 30.0 Å². The van der Waals surface area contributed by atoms with Crippen LogP contribution in [0.25, 0.3) is 10.9 Å². The summed E-state index contributed by atoms with van der Waals surface area (Å²) >= 11 is 0. The Balaban J connectivity index is 1.63. The van der Waals surface area contributed by atoms with Gasteiger partial charge in [0.2, 0.25) is 5.78 Å². The predicted octanol–water partition coefficient (Wildman–Crippen LogP) is 3.76. The summed E-state index contributed by atoms with van der Waals surface area (Å²) in [5, 5.41) is 9.60. The number of rotatable bonds is 9. The number of aryl methyl sites for hydroxylation is 1. The van der Waals surface area contributed by atoms with Crippen LogP contribution in [-0.4, -0.2) is 36.1 Å². The van der Waals surface area contributed by atoms with Crippen molar-refractivity contribution in [2.75, 3.05) is 13.7 Å². The molecule has 0 aliphatic heterocycles. The Morgan fingerprint density at radius 1 is 1.10 bits per heavy atom. The number of aromatic nitrogens is 1. The van der Waals surface area contributed by atoms with Gasteiger partial charge >= 0.3 is 5.97 Å². The van der Waals surface area contributed by atoms with Gasteiger partial charge in [-0.25, -0.2) is 4.79 Å². The predicted molar refractivity (Wildman–Crippen MR) is 111 cm³/mol. The van der Waals surface area contributed by atoms with Gasteiger partial charge in [-0.15, -0.1) is 0 Å². The lowest BCUT2D eigenvalue weighted by Gasteiger charge is -2.14. The average Bonchev–Trinajstić information content (AvgIpc) is 3.15. The fourth-order valence-electron chi connectivity index (χ4n) is 3.06. The second-order valence-corrected chi connectivity index (χ2v) is 6.63. The maximum atomic E-state index is 12.7. The normalized spacial score (nSPS) is 11.5. The third-order valence-corrected chi connectivity index (χ3v) is 4.60. The Labute approximate surface area is 174 Å². The Kier molecular flexibility index (Phi) is 6.71. The van der Waals surface area contributed by atoms with E-state index in [4.69, 9.17) is 19.5 Å². The number of hydrogen-bond acceptors (Lipinski definition) is 6. The van der Waals surface area contributed by atoms with Crippen molar-refractivity contribution in [3.63, 3.8) is 0 Å².